The van der Waals surface area contributed by atoms with Gasteiger partial charge >= 0.3 is 0 Å². The van der Waals surface area contributed by atoms with Crippen molar-refractivity contribution in [3.05, 3.63) is 55.9 Å². The van der Waals surface area contributed by atoms with Gasteiger partial charge in [0.25, 0.3) is 0 Å². The van der Waals surface area contributed by atoms with Crippen LogP contribution in [-0.4, -0.2) is 19.0 Å². The fourth-order valence-electron chi connectivity index (χ4n) is 3.23. The maximum atomic E-state index is 5.98. The van der Waals surface area contributed by atoms with Gasteiger partial charge < -0.3 is 9.47 Å². The smallest absolute Gasteiger partial charge is 0.175 e. The standard InChI is InChI=1S/C18H18O2S2/c1-3-16(21-7-1)10-14-9-15(11-17-4-2-8-22-17)13-18(12-14)19-5-6-20-18/h1-4,7-8,10-11H,5-6,9,12-13H2/b14-10-,15-11-. The van der Waals surface area contributed by atoms with Crippen molar-refractivity contribution in [1.82, 2.24) is 0 Å². The van der Waals surface area contributed by atoms with Crippen LogP contribution in [0.2, 0.25) is 0 Å². The SMILES string of the molecule is C(=C1\C/C(=C/c2cccs2)CC2(C1)OCCO2)/c1cccs1. The predicted octanol–water partition coefficient (Wildman–Crippen LogP) is 5.20. The van der Waals surface area contributed by atoms with Crippen molar-refractivity contribution in [3.8, 4) is 0 Å². The first kappa shape index (κ1) is 14.4. The summed E-state index contributed by atoms with van der Waals surface area (Å²) in [5, 5.41) is 4.24. The van der Waals surface area contributed by atoms with Crippen LogP contribution in [0.1, 0.15) is 29.0 Å². The Kier molecular flexibility index (Phi) is 4.01. The van der Waals surface area contributed by atoms with Crippen LogP contribution in [0.5, 0.6) is 0 Å². The zero-order valence-electron chi connectivity index (χ0n) is 12.3. The summed E-state index contributed by atoms with van der Waals surface area (Å²) >= 11 is 3.56. The molecule has 0 radical (unpaired) electrons. The van der Waals surface area contributed by atoms with Crippen LogP contribution in [0.25, 0.3) is 12.2 Å². The van der Waals surface area contributed by atoms with Gasteiger partial charge in [-0.05, 0) is 41.5 Å². The second-order valence-electron chi connectivity index (χ2n) is 5.77. The van der Waals surface area contributed by atoms with Crippen molar-refractivity contribution in [3.63, 3.8) is 0 Å². The molecule has 2 aromatic rings. The van der Waals surface area contributed by atoms with Gasteiger partial charge in [0.2, 0.25) is 0 Å². The van der Waals surface area contributed by atoms with Crippen LogP contribution < -0.4 is 0 Å². The molecule has 1 saturated heterocycles. The Labute approximate surface area is 138 Å². The quantitative estimate of drug-likeness (QED) is 0.753. The summed E-state index contributed by atoms with van der Waals surface area (Å²) in [6, 6.07) is 8.52. The van der Waals surface area contributed by atoms with E-state index in [4.69, 9.17) is 9.47 Å². The van der Waals surface area contributed by atoms with E-state index in [9.17, 15) is 0 Å². The lowest BCUT2D eigenvalue weighted by molar-refractivity contribution is -0.158. The number of ether oxygens (including phenoxy) is 2. The van der Waals surface area contributed by atoms with E-state index in [-0.39, 0.29) is 0 Å². The molecule has 1 aliphatic carbocycles. The molecule has 4 rings (SSSR count). The second kappa shape index (κ2) is 6.13. The fraction of sp³-hybridized carbons (Fsp3) is 0.333. The van der Waals surface area contributed by atoms with E-state index in [1.807, 2.05) is 0 Å². The molecule has 0 bridgehead atoms. The molecule has 2 fully saturated rings. The van der Waals surface area contributed by atoms with E-state index in [0.29, 0.717) is 13.2 Å². The van der Waals surface area contributed by atoms with Crippen molar-refractivity contribution >= 4 is 34.8 Å². The Bertz CT molecular complexity index is 621. The van der Waals surface area contributed by atoms with Crippen molar-refractivity contribution in [2.75, 3.05) is 13.2 Å². The van der Waals surface area contributed by atoms with E-state index in [1.165, 1.54) is 20.9 Å². The van der Waals surface area contributed by atoms with Gasteiger partial charge in [-0.3, -0.25) is 0 Å². The Hall–Kier alpha value is -1.20. The minimum absolute atomic E-state index is 0.426. The van der Waals surface area contributed by atoms with Crippen LogP contribution in [0.4, 0.5) is 0 Å². The number of hydrogen-bond acceptors (Lipinski definition) is 4. The molecule has 0 amide bonds. The highest BCUT2D eigenvalue weighted by Crippen LogP contribution is 2.42. The topological polar surface area (TPSA) is 18.5 Å². The summed E-state index contributed by atoms with van der Waals surface area (Å²) in [5.41, 5.74) is 2.80. The molecule has 114 valence electrons. The maximum Gasteiger partial charge on any atom is 0.175 e. The van der Waals surface area contributed by atoms with Crippen LogP contribution >= 0.6 is 22.7 Å². The number of rotatable bonds is 2. The molecule has 1 saturated carbocycles. The Balaban J connectivity index is 1.65. The van der Waals surface area contributed by atoms with Gasteiger partial charge in [0.1, 0.15) is 0 Å². The third kappa shape index (κ3) is 3.10. The molecular weight excluding hydrogens is 312 g/mol. The van der Waals surface area contributed by atoms with E-state index in [2.05, 4.69) is 47.2 Å². The summed E-state index contributed by atoms with van der Waals surface area (Å²) in [7, 11) is 0. The lowest BCUT2D eigenvalue weighted by atomic mass is 9.84. The molecule has 0 aromatic carbocycles. The van der Waals surface area contributed by atoms with Crippen LogP contribution in [-0.2, 0) is 9.47 Å². The van der Waals surface area contributed by atoms with Crippen molar-refractivity contribution in [2.24, 2.45) is 0 Å². The van der Waals surface area contributed by atoms with Crippen LogP contribution in [0, 0.1) is 0 Å². The van der Waals surface area contributed by atoms with Crippen molar-refractivity contribution in [1.29, 1.82) is 0 Å². The lowest BCUT2D eigenvalue weighted by Crippen LogP contribution is -2.34. The number of hydrogen-bond donors (Lipinski definition) is 0. The maximum absolute atomic E-state index is 5.98. The van der Waals surface area contributed by atoms with Gasteiger partial charge in [0, 0.05) is 22.6 Å². The van der Waals surface area contributed by atoms with Gasteiger partial charge in [0.15, 0.2) is 5.79 Å². The van der Waals surface area contributed by atoms with Gasteiger partial charge in [-0.15, -0.1) is 22.7 Å². The highest BCUT2D eigenvalue weighted by molar-refractivity contribution is 7.11. The monoisotopic (exact) mass is 330 g/mol. The molecule has 2 aliphatic rings. The average Bonchev–Trinajstić information content (AvgIpc) is 3.22. The molecular formula is C18H18O2S2. The van der Waals surface area contributed by atoms with Gasteiger partial charge in [-0.1, -0.05) is 23.3 Å². The molecule has 3 heterocycles. The van der Waals surface area contributed by atoms with Crippen molar-refractivity contribution in [2.45, 2.75) is 25.0 Å². The van der Waals surface area contributed by atoms with Crippen LogP contribution in [0.3, 0.4) is 0 Å². The second-order valence-corrected chi connectivity index (χ2v) is 7.73. The molecule has 4 heteroatoms. The average molecular weight is 330 g/mol. The molecule has 0 atom stereocenters. The molecule has 1 spiro atoms. The van der Waals surface area contributed by atoms with Gasteiger partial charge in [0.05, 0.1) is 13.2 Å². The fourth-order valence-corrected chi connectivity index (χ4v) is 4.64. The Morgan fingerprint density at radius 1 is 0.864 bits per heavy atom. The van der Waals surface area contributed by atoms with Gasteiger partial charge in [-0.2, -0.15) is 0 Å². The summed E-state index contributed by atoms with van der Waals surface area (Å²) in [6.07, 6.45) is 7.39. The normalized spacial score (nSPS) is 24.5. The highest BCUT2D eigenvalue weighted by Gasteiger charge is 2.41. The summed E-state index contributed by atoms with van der Waals surface area (Å²) < 4.78 is 12.0. The van der Waals surface area contributed by atoms with Crippen LogP contribution in [0.15, 0.2) is 46.2 Å². The largest absolute Gasteiger partial charge is 0.347 e. The molecule has 2 aromatic heterocycles. The summed E-state index contributed by atoms with van der Waals surface area (Å²) in [4.78, 5) is 2.61. The Morgan fingerprint density at radius 3 is 1.86 bits per heavy atom. The first-order valence-corrected chi connectivity index (χ1v) is 9.31. The molecule has 22 heavy (non-hydrogen) atoms. The summed E-state index contributed by atoms with van der Waals surface area (Å²) in [5.74, 6) is -0.426. The molecule has 2 nitrogen and oxygen atoms in total. The highest BCUT2D eigenvalue weighted by atomic mass is 32.1. The third-order valence-corrected chi connectivity index (χ3v) is 5.68. The summed E-state index contributed by atoms with van der Waals surface area (Å²) in [6.45, 7) is 1.41. The first-order chi connectivity index (χ1) is 10.8. The first-order valence-electron chi connectivity index (χ1n) is 7.55. The zero-order valence-corrected chi connectivity index (χ0v) is 13.9. The molecule has 0 N–H and O–H groups in total. The predicted molar refractivity (Wildman–Crippen MR) is 93.1 cm³/mol. The van der Waals surface area contributed by atoms with E-state index < -0.39 is 5.79 Å². The molecule has 1 aliphatic heterocycles. The van der Waals surface area contributed by atoms with E-state index in [1.54, 1.807) is 22.7 Å². The van der Waals surface area contributed by atoms with E-state index in [0.717, 1.165) is 19.3 Å². The zero-order chi connectivity index (χ0) is 14.8. The number of thiophene rings is 2. The minimum Gasteiger partial charge on any atom is -0.347 e. The molecule has 0 unspecified atom stereocenters. The van der Waals surface area contributed by atoms with E-state index >= 15 is 0 Å². The third-order valence-electron chi connectivity index (χ3n) is 4.04. The van der Waals surface area contributed by atoms with Gasteiger partial charge in [-0.25, -0.2) is 0 Å². The minimum atomic E-state index is -0.426. The van der Waals surface area contributed by atoms with Crippen molar-refractivity contribution < 1.29 is 9.47 Å². The Morgan fingerprint density at radius 2 is 1.41 bits per heavy atom. The lowest BCUT2D eigenvalue weighted by Gasteiger charge is -2.34.